The van der Waals surface area contributed by atoms with E-state index in [-0.39, 0.29) is 11.2 Å². The molecule has 4 heteroatoms. The van der Waals surface area contributed by atoms with E-state index < -0.39 is 0 Å². The first kappa shape index (κ1) is 12.5. The first-order valence-corrected chi connectivity index (χ1v) is 5.92. The fourth-order valence-electron chi connectivity index (χ4n) is 1.86. The molecule has 0 unspecified atom stereocenters. The highest BCUT2D eigenvalue weighted by Gasteiger charge is 2.21. The van der Waals surface area contributed by atoms with Crippen molar-refractivity contribution in [3.8, 4) is 0 Å². The van der Waals surface area contributed by atoms with Gasteiger partial charge in [0.1, 0.15) is 5.82 Å². The number of nitrogens with one attached hydrogen (secondary N) is 2. The normalized spacial score (nSPS) is 11.5. The van der Waals surface area contributed by atoms with Crippen molar-refractivity contribution >= 4 is 11.4 Å². The van der Waals surface area contributed by atoms with Gasteiger partial charge in [0.15, 0.2) is 0 Å². The van der Waals surface area contributed by atoms with Gasteiger partial charge in [0.25, 0.3) is 0 Å². The Morgan fingerprint density at radius 2 is 2.11 bits per heavy atom. The van der Waals surface area contributed by atoms with Crippen LogP contribution in [0.4, 0.5) is 15.8 Å². The van der Waals surface area contributed by atoms with Crippen molar-refractivity contribution in [2.45, 2.75) is 19.3 Å². The van der Waals surface area contributed by atoms with Gasteiger partial charge in [-0.25, -0.2) is 4.39 Å². The predicted molar refractivity (Wildman–Crippen MR) is 73.1 cm³/mol. The van der Waals surface area contributed by atoms with Crippen LogP contribution in [0.15, 0.2) is 36.5 Å². The monoisotopic (exact) mass is 247 g/mol. The summed E-state index contributed by atoms with van der Waals surface area (Å²) >= 11 is 0. The second-order valence-corrected chi connectivity index (χ2v) is 5.05. The van der Waals surface area contributed by atoms with Crippen LogP contribution in [0.25, 0.3) is 0 Å². The average molecular weight is 247 g/mol. The largest absolute Gasteiger partial charge is 0.397 e. The number of anilines is 2. The number of aromatic nitrogens is 1. The van der Waals surface area contributed by atoms with Gasteiger partial charge in [-0.05, 0) is 30.3 Å². The van der Waals surface area contributed by atoms with E-state index in [4.69, 9.17) is 5.73 Å². The summed E-state index contributed by atoms with van der Waals surface area (Å²) in [5, 5.41) is 3.26. The molecule has 1 aromatic carbocycles. The first-order chi connectivity index (χ1) is 8.49. The molecule has 0 radical (unpaired) electrons. The molecular formula is C14H18FN3. The maximum absolute atomic E-state index is 12.9. The van der Waals surface area contributed by atoms with Crippen LogP contribution < -0.4 is 11.1 Å². The van der Waals surface area contributed by atoms with Gasteiger partial charge in [-0.2, -0.15) is 0 Å². The van der Waals surface area contributed by atoms with E-state index >= 15 is 0 Å². The zero-order valence-electron chi connectivity index (χ0n) is 10.6. The van der Waals surface area contributed by atoms with Crippen molar-refractivity contribution in [2.24, 2.45) is 0 Å². The Hall–Kier alpha value is -1.97. The zero-order chi connectivity index (χ0) is 13.2. The highest BCUT2D eigenvalue weighted by Crippen LogP contribution is 2.24. The van der Waals surface area contributed by atoms with E-state index in [0.29, 0.717) is 12.2 Å². The van der Waals surface area contributed by atoms with Crippen molar-refractivity contribution in [3.63, 3.8) is 0 Å². The molecule has 18 heavy (non-hydrogen) atoms. The Labute approximate surface area is 106 Å². The molecule has 0 fully saturated rings. The third kappa shape index (κ3) is 2.64. The third-order valence-corrected chi connectivity index (χ3v) is 3.06. The maximum Gasteiger partial charge on any atom is 0.125 e. The lowest BCUT2D eigenvalue weighted by molar-refractivity contribution is 0.542. The Morgan fingerprint density at radius 1 is 1.33 bits per heavy atom. The minimum Gasteiger partial charge on any atom is -0.397 e. The van der Waals surface area contributed by atoms with Crippen LogP contribution in [0.3, 0.4) is 0 Å². The second-order valence-electron chi connectivity index (χ2n) is 5.05. The van der Waals surface area contributed by atoms with Gasteiger partial charge in [0, 0.05) is 23.9 Å². The van der Waals surface area contributed by atoms with Crippen LogP contribution >= 0.6 is 0 Å². The van der Waals surface area contributed by atoms with Crippen LogP contribution in [0, 0.1) is 5.82 Å². The minimum absolute atomic E-state index is 0.0513. The molecule has 0 aliphatic carbocycles. The highest BCUT2D eigenvalue weighted by atomic mass is 19.1. The number of aromatic amines is 1. The lowest BCUT2D eigenvalue weighted by atomic mass is 9.89. The number of benzene rings is 1. The number of rotatable bonds is 4. The number of hydrogen-bond donors (Lipinski definition) is 3. The summed E-state index contributed by atoms with van der Waals surface area (Å²) in [5.74, 6) is -0.318. The summed E-state index contributed by atoms with van der Waals surface area (Å²) in [7, 11) is 0. The zero-order valence-corrected chi connectivity index (χ0v) is 10.6. The Balaban J connectivity index is 2.07. The number of H-pyrrole nitrogens is 1. The topological polar surface area (TPSA) is 53.8 Å². The molecule has 0 aliphatic heterocycles. The van der Waals surface area contributed by atoms with Gasteiger partial charge in [0.05, 0.1) is 11.4 Å². The van der Waals surface area contributed by atoms with E-state index in [0.717, 1.165) is 11.4 Å². The number of nitrogen functional groups attached to an aromatic ring is 1. The van der Waals surface area contributed by atoms with Gasteiger partial charge >= 0.3 is 0 Å². The highest BCUT2D eigenvalue weighted by molar-refractivity contribution is 5.66. The van der Waals surface area contributed by atoms with Crippen molar-refractivity contribution in [1.29, 1.82) is 0 Å². The van der Waals surface area contributed by atoms with E-state index in [2.05, 4.69) is 30.2 Å². The first-order valence-electron chi connectivity index (χ1n) is 5.92. The van der Waals surface area contributed by atoms with Gasteiger partial charge < -0.3 is 16.0 Å². The van der Waals surface area contributed by atoms with Crippen molar-refractivity contribution < 1.29 is 4.39 Å². The molecule has 96 valence electrons. The summed E-state index contributed by atoms with van der Waals surface area (Å²) in [6.07, 6.45) is 1.91. The van der Waals surface area contributed by atoms with E-state index in [1.807, 2.05) is 12.3 Å². The lowest BCUT2D eigenvalue weighted by Crippen LogP contribution is -2.28. The number of halogens is 1. The quantitative estimate of drug-likeness (QED) is 0.727. The van der Waals surface area contributed by atoms with Gasteiger partial charge in [-0.1, -0.05) is 13.8 Å². The molecule has 2 rings (SSSR count). The molecule has 0 aliphatic rings. The maximum atomic E-state index is 12.9. The summed E-state index contributed by atoms with van der Waals surface area (Å²) in [6, 6.07) is 8.42. The molecule has 0 saturated carbocycles. The van der Waals surface area contributed by atoms with Crippen LogP contribution in [-0.4, -0.2) is 11.5 Å². The molecule has 1 heterocycles. The number of hydrogen-bond acceptors (Lipinski definition) is 2. The number of nitrogens with two attached hydrogens (primary N) is 1. The van der Waals surface area contributed by atoms with E-state index in [1.54, 1.807) is 6.07 Å². The Kier molecular flexibility index (Phi) is 3.28. The van der Waals surface area contributed by atoms with Gasteiger partial charge in [-0.3, -0.25) is 0 Å². The van der Waals surface area contributed by atoms with E-state index in [9.17, 15) is 4.39 Å². The molecule has 3 nitrogen and oxygen atoms in total. The third-order valence-electron chi connectivity index (χ3n) is 3.06. The van der Waals surface area contributed by atoms with Crippen molar-refractivity contribution in [1.82, 2.24) is 4.98 Å². The van der Waals surface area contributed by atoms with Crippen molar-refractivity contribution in [3.05, 3.63) is 48.0 Å². The Morgan fingerprint density at radius 3 is 2.72 bits per heavy atom. The molecule has 4 N–H and O–H groups in total. The van der Waals surface area contributed by atoms with E-state index in [1.165, 1.54) is 12.1 Å². The smallest absolute Gasteiger partial charge is 0.125 e. The van der Waals surface area contributed by atoms with Gasteiger partial charge in [0.2, 0.25) is 0 Å². The standard InChI is InChI=1S/C14H18FN3/c1-14(2,13-4-3-7-17-13)9-18-12-6-5-10(15)8-11(12)16/h3-8,17-18H,9,16H2,1-2H3. The average Bonchev–Trinajstić information content (AvgIpc) is 2.82. The molecule has 0 bridgehead atoms. The van der Waals surface area contributed by atoms with Gasteiger partial charge in [-0.15, -0.1) is 0 Å². The summed E-state index contributed by atoms with van der Waals surface area (Å²) in [4.78, 5) is 3.21. The van der Waals surface area contributed by atoms with Crippen LogP contribution in [0.1, 0.15) is 19.5 Å². The minimum atomic E-state index is -0.318. The predicted octanol–water partition coefficient (Wildman–Crippen LogP) is 3.13. The molecule has 1 aromatic heterocycles. The van der Waals surface area contributed by atoms with Crippen LogP contribution in [-0.2, 0) is 5.41 Å². The molecular weight excluding hydrogens is 229 g/mol. The summed E-state index contributed by atoms with van der Waals surface area (Å²) in [6.45, 7) is 4.97. The second kappa shape index (κ2) is 4.72. The Bertz CT molecular complexity index is 518. The molecule has 2 aromatic rings. The van der Waals surface area contributed by atoms with Crippen molar-refractivity contribution in [2.75, 3.05) is 17.6 Å². The molecule has 0 saturated heterocycles. The molecule has 0 amide bonds. The summed E-state index contributed by atoms with van der Waals surface area (Å²) in [5.41, 5.74) is 8.04. The van der Waals surface area contributed by atoms with Crippen LogP contribution in [0.5, 0.6) is 0 Å². The van der Waals surface area contributed by atoms with Crippen LogP contribution in [0.2, 0.25) is 0 Å². The SMILES string of the molecule is CC(C)(CNc1ccc(F)cc1N)c1ccc[nH]1. The fraction of sp³-hybridized carbons (Fsp3) is 0.286. The molecule has 0 spiro atoms. The molecule has 0 atom stereocenters. The summed E-state index contributed by atoms with van der Waals surface area (Å²) < 4.78 is 12.9. The lowest BCUT2D eigenvalue weighted by Gasteiger charge is -2.25. The fourth-order valence-corrected chi connectivity index (χ4v) is 1.86.